The van der Waals surface area contributed by atoms with E-state index in [0.717, 1.165) is 18.4 Å². The van der Waals surface area contributed by atoms with Crippen LogP contribution in [0.2, 0.25) is 0 Å². The van der Waals surface area contributed by atoms with E-state index >= 15 is 0 Å². The van der Waals surface area contributed by atoms with Gasteiger partial charge in [0.2, 0.25) is 0 Å². The van der Waals surface area contributed by atoms with Crippen LogP contribution < -0.4 is 5.73 Å². The van der Waals surface area contributed by atoms with Crippen molar-refractivity contribution in [3.8, 4) is 0 Å². The minimum atomic E-state index is 0.287. The van der Waals surface area contributed by atoms with E-state index < -0.39 is 0 Å². The van der Waals surface area contributed by atoms with Gasteiger partial charge in [0.05, 0.1) is 0 Å². The molecule has 0 aromatic rings. The molecule has 0 saturated heterocycles. The Bertz CT molecular complexity index is 248. The van der Waals surface area contributed by atoms with Gasteiger partial charge in [-0.05, 0) is 37.5 Å². The topological polar surface area (TPSA) is 29.3 Å². The molecule has 1 fully saturated rings. The van der Waals surface area contributed by atoms with Crippen LogP contribution in [0.25, 0.3) is 0 Å². The average Bonchev–Trinajstić information content (AvgIpc) is 2.82. The maximum absolute atomic E-state index is 6.32. The molecule has 0 aliphatic heterocycles. The Morgan fingerprint density at radius 2 is 1.84 bits per heavy atom. The second-order valence-corrected chi connectivity index (χ2v) is 6.82. The second-order valence-electron chi connectivity index (χ2n) is 6.82. The Balaban J connectivity index is 3.04. The van der Waals surface area contributed by atoms with E-state index in [-0.39, 0.29) is 5.54 Å². The van der Waals surface area contributed by atoms with Gasteiger partial charge in [-0.2, -0.15) is 0 Å². The lowest BCUT2D eigenvalue weighted by atomic mass is 9.81. The van der Waals surface area contributed by atoms with Crippen LogP contribution in [0.1, 0.15) is 73.1 Å². The molecule has 0 radical (unpaired) electrons. The zero-order valence-electron chi connectivity index (χ0n) is 13.9. The first kappa shape index (κ1) is 17.0. The van der Waals surface area contributed by atoms with Gasteiger partial charge in [-0.15, -0.1) is 0 Å². The summed E-state index contributed by atoms with van der Waals surface area (Å²) in [6.07, 6.45) is 7.84. The molecular weight excluding hydrogens is 232 g/mol. The minimum absolute atomic E-state index is 0.287. The Morgan fingerprint density at radius 3 is 2.26 bits per heavy atom. The lowest BCUT2D eigenvalue weighted by Gasteiger charge is -2.49. The Morgan fingerprint density at radius 1 is 1.21 bits per heavy atom. The van der Waals surface area contributed by atoms with E-state index in [4.69, 9.17) is 5.73 Å². The highest BCUT2D eigenvalue weighted by Gasteiger charge is 2.46. The summed E-state index contributed by atoms with van der Waals surface area (Å²) >= 11 is 0. The summed E-state index contributed by atoms with van der Waals surface area (Å²) in [7, 11) is 0. The summed E-state index contributed by atoms with van der Waals surface area (Å²) in [4.78, 5) is 2.82. The highest BCUT2D eigenvalue weighted by Crippen LogP contribution is 2.43. The molecule has 0 bridgehead atoms. The number of hydrogen-bond donors (Lipinski definition) is 1. The standard InChI is InChI=1S/C17H36N2/c1-6-15-10-9-11-17(15,13-18)19(12-14(4)5)16(7-2)8-3/h14-16H,6-13,18H2,1-5H3. The van der Waals surface area contributed by atoms with Gasteiger partial charge in [-0.3, -0.25) is 4.90 Å². The molecule has 1 saturated carbocycles. The van der Waals surface area contributed by atoms with Crippen molar-refractivity contribution in [2.75, 3.05) is 13.1 Å². The van der Waals surface area contributed by atoms with Crippen LogP contribution in [0, 0.1) is 11.8 Å². The molecule has 0 aromatic heterocycles. The SMILES string of the molecule is CCC(CC)N(CC(C)C)C1(CN)CCCC1CC. The van der Waals surface area contributed by atoms with Crippen molar-refractivity contribution < 1.29 is 0 Å². The minimum Gasteiger partial charge on any atom is -0.329 e. The van der Waals surface area contributed by atoms with Crippen LogP contribution in [0.15, 0.2) is 0 Å². The van der Waals surface area contributed by atoms with Crippen LogP contribution in [0.4, 0.5) is 0 Å². The van der Waals surface area contributed by atoms with Gasteiger partial charge >= 0.3 is 0 Å². The summed E-state index contributed by atoms with van der Waals surface area (Å²) in [5.74, 6) is 1.53. The summed E-state index contributed by atoms with van der Waals surface area (Å²) in [6.45, 7) is 13.8. The summed E-state index contributed by atoms with van der Waals surface area (Å²) in [5, 5.41) is 0. The number of nitrogens with zero attached hydrogens (tertiary/aromatic N) is 1. The van der Waals surface area contributed by atoms with Gasteiger partial charge in [-0.25, -0.2) is 0 Å². The van der Waals surface area contributed by atoms with Gasteiger partial charge in [0.25, 0.3) is 0 Å². The van der Waals surface area contributed by atoms with Crippen LogP contribution in [-0.2, 0) is 0 Å². The van der Waals surface area contributed by atoms with Crippen molar-refractivity contribution in [1.29, 1.82) is 0 Å². The molecule has 2 atom stereocenters. The molecule has 0 amide bonds. The van der Waals surface area contributed by atoms with Crippen molar-refractivity contribution in [3.63, 3.8) is 0 Å². The third-order valence-electron chi connectivity index (χ3n) is 5.29. The number of rotatable bonds is 8. The molecule has 1 aliphatic rings. The number of nitrogens with two attached hydrogens (primary N) is 1. The van der Waals surface area contributed by atoms with E-state index in [1.54, 1.807) is 0 Å². The van der Waals surface area contributed by atoms with Crippen molar-refractivity contribution in [3.05, 3.63) is 0 Å². The Hall–Kier alpha value is -0.0800. The molecule has 2 heteroatoms. The predicted molar refractivity (Wildman–Crippen MR) is 85.3 cm³/mol. The Labute approximate surface area is 121 Å². The molecule has 0 spiro atoms. The van der Waals surface area contributed by atoms with E-state index in [2.05, 4.69) is 39.5 Å². The fourth-order valence-corrected chi connectivity index (χ4v) is 4.29. The molecule has 2 nitrogen and oxygen atoms in total. The molecule has 2 unspecified atom stereocenters. The van der Waals surface area contributed by atoms with E-state index in [1.165, 1.54) is 45.1 Å². The smallest absolute Gasteiger partial charge is 0.0362 e. The van der Waals surface area contributed by atoms with E-state index in [9.17, 15) is 0 Å². The van der Waals surface area contributed by atoms with Gasteiger partial charge in [0, 0.05) is 24.7 Å². The summed E-state index contributed by atoms with van der Waals surface area (Å²) < 4.78 is 0. The zero-order valence-corrected chi connectivity index (χ0v) is 13.9. The summed E-state index contributed by atoms with van der Waals surface area (Å²) in [5.41, 5.74) is 6.60. The normalized spacial score (nSPS) is 27.9. The van der Waals surface area contributed by atoms with Crippen molar-refractivity contribution in [2.45, 2.75) is 84.7 Å². The van der Waals surface area contributed by atoms with Crippen LogP contribution in [0.5, 0.6) is 0 Å². The van der Waals surface area contributed by atoms with Crippen molar-refractivity contribution >= 4 is 0 Å². The lowest BCUT2D eigenvalue weighted by Crippen LogP contribution is -2.60. The third kappa shape index (κ3) is 3.52. The van der Waals surface area contributed by atoms with E-state index in [1.807, 2.05) is 0 Å². The van der Waals surface area contributed by atoms with Gasteiger partial charge in [0.1, 0.15) is 0 Å². The van der Waals surface area contributed by atoms with Gasteiger partial charge in [-0.1, -0.05) is 47.5 Å². The monoisotopic (exact) mass is 268 g/mol. The molecule has 0 aromatic carbocycles. The molecule has 19 heavy (non-hydrogen) atoms. The molecule has 2 N–H and O–H groups in total. The zero-order chi connectivity index (χ0) is 14.5. The first-order valence-corrected chi connectivity index (χ1v) is 8.52. The maximum Gasteiger partial charge on any atom is 0.0362 e. The maximum atomic E-state index is 6.32. The molecule has 114 valence electrons. The fourth-order valence-electron chi connectivity index (χ4n) is 4.29. The Kier molecular flexibility index (Phi) is 6.82. The third-order valence-corrected chi connectivity index (χ3v) is 5.29. The van der Waals surface area contributed by atoms with Crippen molar-refractivity contribution in [1.82, 2.24) is 4.90 Å². The highest BCUT2D eigenvalue weighted by atomic mass is 15.2. The van der Waals surface area contributed by atoms with Crippen LogP contribution >= 0.6 is 0 Å². The lowest BCUT2D eigenvalue weighted by molar-refractivity contribution is 0.00348. The first-order chi connectivity index (χ1) is 9.05. The number of hydrogen-bond acceptors (Lipinski definition) is 2. The van der Waals surface area contributed by atoms with Crippen LogP contribution in [0.3, 0.4) is 0 Å². The first-order valence-electron chi connectivity index (χ1n) is 8.52. The van der Waals surface area contributed by atoms with Crippen molar-refractivity contribution in [2.24, 2.45) is 17.6 Å². The molecule has 1 rings (SSSR count). The van der Waals surface area contributed by atoms with Crippen LogP contribution in [-0.4, -0.2) is 29.6 Å². The molecule has 1 aliphatic carbocycles. The highest BCUT2D eigenvalue weighted by molar-refractivity contribution is 5.03. The van der Waals surface area contributed by atoms with Gasteiger partial charge in [0.15, 0.2) is 0 Å². The molecule has 0 heterocycles. The quantitative estimate of drug-likeness (QED) is 0.720. The van der Waals surface area contributed by atoms with Gasteiger partial charge < -0.3 is 5.73 Å². The average molecular weight is 268 g/mol. The molecular formula is C17H36N2. The summed E-state index contributed by atoms with van der Waals surface area (Å²) in [6, 6.07) is 0.707. The van der Waals surface area contributed by atoms with E-state index in [0.29, 0.717) is 6.04 Å². The predicted octanol–water partition coefficient (Wildman–Crippen LogP) is 4.04. The second kappa shape index (κ2) is 7.64. The fraction of sp³-hybridized carbons (Fsp3) is 1.00. The largest absolute Gasteiger partial charge is 0.329 e.